The van der Waals surface area contributed by atoms with Gasteiger partial charge >= 0.3 is 0 Å². The maximum atomic E-state index is 12.7. The van der Waals surface area contributed by atoms with Crippen LogP contribution in [-0.2, 0) is 0 Å². The fourth-order valence-corrected chi connectivity index (χ4v) is 3.49. The molecule has 0 atom stereocenters. The van der Waals surface area contributed by atoms with E-state index in [1.54, 1.807) is 30.3 Å². The summed E-state index contributed by atoms with van der Waals surface area (Å²) < 4.78 is 1.46. The molecule has 146 valence electrons. The topological polar surface area (TPSA) is 92.7 Å². The number of benzene rings is 1. The highest BCUT2D eigenvalue weighted by molar-refractivity contribution is 7.13. The van der Waals surface area contributed by atoms with Crippen molar-refractivity contribution in [3.8, 4) is 16.5 Å². The van der Waals surface area contributed by atoms with Gasteiger partial charge in [0, 0.05) is 17.7 Å². The van der Waals surface area contributed by atoms with Crippen molar-refractivity contribution in [1.82, 2.24) is 19.7 Å². The lowest BCUT2D eigenvalue weighted by atomic mass is 10.1. The fraction of sp³-hybridized carbons (Fsp3) is 0.143. The Labute approximate surface area is 171 Å². The average molecular weight is 405 g/mol. The van der Waals surface area contributed by atoms with Gasteiger partial charge in [-0.05, 0) is 29.5 Å². The zero-order valence-electron chi connectivity index (χ0n) is 15.9. The van der Waals surface area contributed by atoms with Crippen LogP contribution < -0.4 is 10.9 Å². The third-order valence-corrected chi connectivity index (χ3v) is 5.19. The maximum absolute atomic E-state index is 12.7. The van der Waals surface area contributed by atoms with Crippen molar-refractivity contribution in [2.24, 2.45) is 0 Å². The van der Waals surface area contributed by atoms with Crippen molar-refractivity contribution in [2.75, 3.05) is 5.32 Å². The zero-order valence-corrected chi connectivity index (χ0v) is 16.7. The lowest BCUT2D eigenvalue weighted by Gasteiger charge is -2.10. The van der Waals surface area contributed by atoms with Crippen LogP contribution in [0, 0.1) is 0 Å². The molecule has 0 fully saturated rings. The van der Waals surface area contributed by atoms with E-state index in [-0.39, 0.29) is 23.3 Å². The van der Waals surface area contributed by atoms with E-state index in [4.69, 9.17) is 0 Å². The van der Waals surface area contributed by atoms with Crippen LogP contribution in [0.25, 0.3) is 16.5 Å². The van der Waals surface area contributed by atoms with Crippen LogP contribution in [0.3, 0.4) is 0 Å². The highest BCUT2D eigenvalue weighted by atomic mass is 32.1. The van der Waals surface area contributed by atoms with E-state index < -0.39 is 0 Å². The monoisotopic (exact) mass is 405 g/mol. The molecule has 2 N–H and O–H groups in total. The van der Waals surface area contributed by atoms with E-state index >= 15 is 0 Å². The van der Waals surface area contributed by atoms with Gasteiger partial charge in [-0.25, -0.2) is 4.98 Å². The smallest absolute Gasteiger partial charge is 0.256 e. The third-order valence-electron chi connectivity index (χ3n) is 4.30. The largest absolute Gasteiger partial charge is 0.306 e. The molecule has 0 spiro atoms. The minimum Gasteiger partial charge on any atom is -0.306 e. The molecule has 8 heteroatoms. The van der Waals surface area contributed by atoms with E-state index in [0.29, 0.717) is 22.8 Å². The SMILES string of the molecule is CC(C)c1cc(=O)[nH]c(-n2nc(-c3cccs3)cc2NC(=O)c2ccccc2)n1. The van der Waals surface area contributed by atoms with Crippen molar-refractivity contribution in [3.05, 3.63) is 81.6 Å². The van der Waals surface area contributed by atoms with Gasteiger partial charge in [-0.3, -0.25) is 14.6 Å². The maximum Gasteiger partial charge on any atom is 0.256 e. The molecule has 0 saturated heterocycles. The van der Waals surface area contributed by atoms with Crippen LogP contribution in [0.4, 0.5) is 5.82 Å². The molecule has 4 rings (SSSR count). The molecular formula is C21H19N5O2S. The minimum absolute atomic E-state index is 0.0748. The van der Waals surface area contributed by atoms with E-state index in [0.717, 1.165) is 4.88 Å². The first kappa shape index (κ1) is 18.8. The predicted molar refractivity (Wildman–Crippen MR) is 114 cm³/mol. The molecule has 0 saturated carbocycles. The molecule has 3 aromatic heterocycles. The summed E-state index contributed by atoms with van der Waals surface area (Å²) in [5.74, 6) is 0.483. The fourth-order valence-electron chi connectivity index (χ4n) is 2.81. The first-order chi connectivity index (χ1) is 14.0. The standard InChI is InChI=1S/C21H19N5O2S/c1-13(2)15-12-19(27)24-21(22-15)26-18(11-16(25-26)17-9-6-10-29-17)23-20(28)14-7-4-3-5-8-14/h3-13H,1-2H3,(H,23,28)(H,22,24,27). The van der Waals surface area contributed by atoms with E-state index in [2.05, 4.69) is 20.4 Å². The van der Waals surface area contributed by atoms with Crippen LogP contribution in [0.2, 0.25) is 0 Å². The average Bonchev–Trinajstić information content (AvgIpc) is 3.38. The van der Waals surface area contributed by atoms with Crippen molar-refractivity contribution in [1.29, 1.82) is 0 Å². The molecule has 0 radical (unpaired) electrons. The molecule has 0 unspecified atom stereocenters. The summed E-state index contributed by atoms with van der Waals surface area (Å²) in [6, 6.07) is 16.0. The van der Waals surface area contributed by atoms with Crippen LogP contribution in [0.1, 0.15) is 35.8 Å². The molecule has 0 bridgehead atoms. The number of rotatable bonds is 5. The molecule has 3 heterocycles. The highest BCUT2D eigenvalue weighted by Crippen LogP contribution is 2.27. The first-order valence-corrected chi connectivity index (χ1v) is 10.0. The van der Waals surface area contributed by atoms with Crippen LogP contribution in [0.5, 0.6) is 0 Å². The van der Waals surface area contributed by atoms with Gasteiger partial charge in [-0.15, -0.1) is 11.3 Å². The Morgan fingerprint density at radius 1 is 1.14 bits per heavy atom. The van der Waals surface area contributed by atoms with E-state index in [1.165, 1.54) is 22.1 Å². The lowest BCUT2D eigenvalue weighted by Crippen LogP contribution is -2.19. The van der Waals surface area contributed by atoms with Gasteiger partial charge in [0.25, 0.3) is 11.5 Å². The molecule has 29 heavy (non-hydrogen) atoms. The third kappa shape index (κ3) is 4.02. The summed E-state index contributed by atoms with van der Waals surface area (Å²) in [5.41, 5.74) is 1.58. The quantitative estimate of drug-likeness (QED) is 0.524. The summed E-state index contributed by atoms with van der Waals surface area (Å²) >= 11 is 1.54. The summed E-state index contributed by atoms with van der Waals surface area (Å²) in [5, 5.41) is 9.43. The van der Waals surface area contributed by atoms with Gasteiger partial charge in [-0.1, -0.05) is 38.1 Å². The Bertz CT molecular complexity index is 1190. The number of anilines is 1. The summed E-state index contributed by atoms with van der Waals surface area (Å²) in [4.78, 5) is 33.0. The second kappa shape index (κ2) is 7.84. The second-order valence-corrected chi connectivity index (χ2v) is 7.72. The van der Waals surface area contributed by atoms with Gasteiger partial charge in [-0.2, -0.15) is 9.78 Å². The number of hydrogen-bond donors (Lipinski definition) is 2. The molecule has 0 aliphatic rings. The Morgan fingerprint density at radius 3 is 2.62 bits per heavy atom. The number of aromatic amines is 1. The summed E-state index contributed by atoms with van der Waals surface area (Å²) in [6.07, 6.45) is 0. The Hall–Kier alpha value is -3.52. The Morgan fingerprint density at radius 2 is 1.93 bits per heavy atom. The highest BCUT2D eigenvalue weighted by Gasteiger charge is 2.17. The first-order valence-electron chi connectivity index (χ1n) is 9.13. The van der Waals surface area contributed by atoms with Crippen molar-refractivity contribution in [3.63, 3.8) is 0 Å². The second-order valence-electron chi connectivity index (χ2n) is 6.77. The molecule has 0 aliphatic heterocycles. The number of thiophene rings is 1. The minimum atomic E-state index is -0.271. The van der Waals surface area contributed by atoms with Gasteiger partial charge in [0.2, 0.25) is 5.95 Å². The number of hydrogen-bond acceptors (Lipinski definition) is 5. The molecule has 4 aromatic rings. The van der Waals surface area contributed by atoms with Crippen molar-refractivity contribution >= 4 is 23.1 Å². The molecule has 1 amide bonds. The van der Waals surface area contributed by atoms with Gasteiger partial charge < -0.3 is 5.32 Å². The van der Waals surface area contributed by atoms with Crippen LogP contribution >= 0.6 is 11.3 Å². The number of nitrogens with one attached hydrogen (secondary N) is 2. The number of carbonyl (C=O) groups excluding carboxylic acids is 1. The summed E-state index contributed by atoms with van der Waals surface area (Å²) in [7, 11) is 0. The number of aromatic nitrogens is 4. The number of amides is 1. The van der Waals surface area contributed by atoms with Crippen molar-refractivity contribution in [2.45, 2.75) is 19.8 Å². The van der Waals surface area contributed by atoms with E-state index in [1.807, 2.05) is 37.4 Å². The van der Waals surface area contributed by atoms with E-state index in [9.17, 15) is 9.59 Å². The Kier molecular flexibility index (Phi) is 5.09. The molecular weight excluding hydrogens is 386 g/mol. The number of H-pyrrole nitrogens is 1. The lowest BCUT2D eigenvalue weighted by molar-refractivity contribution is 0.102. The van der Waals surface area contributed by atoms with Crippen LogP contribution in [-0.4, -0.2) is 25.7 Å². The predicted octanol–water partition coefficient (Wildman–Crippen LogP) is 4.06. The van der Waals surface area contributed by atoms with Crippen LogP contribution in [0.15, 0.2) is 64.8 Å². The normalized spacial score (nSPS) is 11.0. The number of carbonyl (C=O) groups is 1. The molecule has 0 aliphatic carbocycles. The van der Waals surface area contributed by atoms with Gasteiger partial charge in [0.05, 0.1) is 10.6 Å². The van der Waals surface area contributed by atoms with Gasteiger partial charge in [0.15, 0.2) is 0 Å². The molecule has 7 nitrogen and oxygen atoms in total. The zero-order chi connectivity index (χ0) is 20.4. The van der Waals surface area contributed by atoms with Gasteiger partial charge in [0.1, 0.15) is 11.5 Å². The molecule has 1 aromatic carbocycles. The Balaban J connectivity index is 1.80. The summed E-state index contributed by atoms with van der Waals surface area (Å²) in [6.45, 7) is 3.92. The van der Waals surface area contributed by atoms with Crippen molar-refractivity contribution < 1.29 is 4.79 Å². The number of nitrogens with zero attached hydrogens (tertiary/aromatic N) is 3.